The molecule has 0 aromatic heterocycles. The Morgan fingerprint density at radius 2 is 2.06 bits per heavy atom. The molecule has 1 aromatic rings. The van der Waals surface area contributed by atoms with Crippen LogP contribution in [0.5, 0.6) is 0 Å². The molecule has 3 nitrogen and oxygen atoms in total. The number of rotatable bonds is 2. The third-order valence-electron chi connectivity index (χ3n) is 2.72. The van der Waals surface area contributed by atoms with E-state index in [-0.39, 0.29) is 5.97 Å². The van der Waals surface area contributed by atoms with Crippen LogP contribution in [-0.2, 0) is 14.3 Å². The molecule has 0 aliphatic carbocycles. The van der Waals surface area contributed by atoms with Gasteiger partial charge in [-0.2, -0.15) is 0 Å². The van der Waals surface area contributed by atoms with E-state index in [1.807, 2.05) is 37.3 Å². The summed E-state index contributed by atoms with van der Waals surface area (Å²) in [6, 6.07) is 9.94. The number of allylic oxidation sites excluding steroid dienone is 1. The first-order chi connectivity index (χ1) is 7.72. The molecule has 3 heteroatoms. The Hall–Kier alpha value is -1.77. The van der Waals surface area contributed by atoms with Gasteiger partial charge in [-0.3, -0.25) is 0 Å². The van der Waals surface area contributed by atoms with Gasteiger partial charge in [0.1, 0.15) is 0 Å². The van der Waals surface area contributed by atoms with Crippen LogP contribution in [0.2, 0.25) is 0 Å². The minimum atomic E-state index is -0.486. The lowest BCUT2D eigenvalue weighted by Gasteiger charge is -2.07. The van der Waals surface area contributed by atoms with Crippen molar-refractivity contribution in [2.45, 2.75) is 19.4 Å². The van der Waals surface area contributed by atoms with Crippen molar-refractivity contribution in [1.29, 1.82) is 0 Å². The summed E-state index contributed by atoms with van der Waals surface area (Å²) in [6.07, 6.45) is 0.0999. The highest BCUT2D eigenvalue weighted by Crippen LogP contribution is 2.32. The average Bonchev–Trinajstić information content (AvgIpc) is 2.71. The SMILES string of the molecule is COC(=O)C1CC(c2ccccc2)=C(C)O1. The van der Waals surface area contributed by atoms with Gasteiger partial charge in [-0.25, -0.2) is 4.79 Å². The largest absolute Gasteiger partial charge is 0.483 e. The molecule has 0 bridgehead atoms. The van der Waals surface area contributed by atoms with Gasteiger partial charge in [-0.15, -0.1) is 0 Å². The highest BCUT2D eigenvalue weighted by atomic mass is 16.6. The Kier molecular flexibility index (Phi) is 2.95. The van der Waals surface area contributed by atoms with Gasteiger partial charge in [0.25, 0.3) is 0 Å². The first-order valence-electron chi connectivity index (χ1n) is 5.22. The Bertz CT molecular complexity index is 420. The molecule has 1 aromatic carbocycles. The lowest BCUT2D eigenvalue weighted by Crippen LogP contribution is -2.21. The first-order valence-corrected chi connectivity index (χ1v) is 5.22. The zero-order valence-corrected chi connectivity index (χ0v) is 9.40. The van der Waals surface area contributed by atoms with E-state index in [1.165, 1.54) is 7.11 Å². The maximum absolute atomic E-state index is 11.4. The Morgan fingerprint density at radius 1 is 1.38 bits per heavy atom. The summed E-state index contributed by atoms with van der Waals surface area (Å²) < 4.78 is 10.2. The third kappa shape index (κ3) is 1.94. The average molecular weight is 218 g/mol. The smallest absolute Gasteiger partial charge is 0.347 e. The van der Waals surface area contributed by atoms with Crippen LogP contribution in [0.15, 0.2) is 36.1 Å². The number of ether oxygens (including phenoxy) is 2. The fourth-order valence-corrected chi connectivity index (χ4v) is 1.88. The summed E-state index contributed by atoms with van der Waals surface area (Å²) in [7, 11) is 1.38. The van der Waals surface area contributed by atoms with Crippen LogP contribution in [0.3, 0.4) is 0 Å². The van der Waals surface area contributed by atoms with Crippen LogP contribution in [0, 0.1) is 0 Å². The summed E-state index contributed by atoms with van der Waals surface area (Å²) in [6.45, 7) is 1.88. The van der Waals surface area contributed by atoms with Gasteiger partial charge in [-0.05, 0) is 12.5 Å². The Labute approximate surface area is 94.7 Å². The first kappa shape index (κ1) is 10.7. The third-order valence-corrected chi connectivity index (χ3v) is 2.72. The summed E-state index contributed by atoms with van der Waals surface area (Å²) in [4.78, 5) is 11.4. The Balaban J connectivity index is 2.19. The topological polar surface area (TPSA) is 35.5 Å². The standard InChI is InChI=1S/C13H14O3/c1-9-11(10-6-4-3-5-7-10)8-12(16-9)13(14)15-2/h3-7,12H,8H2,1-2H3. The van der Waals surface area contributed by atoms with Crippen LogP contribution in [0.1, 0.15) is 18.9 Å². The molecule has 1 aliphatic heterocycles. The van der Waals surface area contributed by atoms with Crippen LogP contribution >= 0.6 is 0 Å². The maximum Gasteiger partial charge on any atom is 0.347 e. The molecule has 1 aliphatic rings. The predicted octanol–water partition coefficient (Wildman–Crippen LogP) is 2.38. The van der Waals surface area contributed by atoms with Gasteiger partial charge in [-0.1, -0.05) is 30.3 Å². The second-order valence-corrected chi connectivity index (χ2v) is 3.73. The van der Waals surface area contributed by atoms with Crippen LogP contribution in [0.4, 0.5) is 0 Å². The van der Waals surface area contributed by atoms with Crippen molar-refractivity contribution in [3.63, 3.8) is 0 Å². The molecule has 0 N–H and O–H groups in total. The fraction of sp³-hybridized carbons (Fsp3) is 0.308. The van der Waals surface area contributed by atoms with Gasteiger partial charge < -0.3 is 9.47 Å². The number of hydrogen-bond acceptors (Lipinski definition) is 3. The van der Waals surface area contributed by atoms with Gasteiger partial charge in [0.2, 0.25) is 0 Å². The van der Waals surface area contributed by atoms with E-state index >= 15 is 0 Å². The highest BCUT2D eigenvalue weighted by Gasteiger charge is 2.30. The minimum Gasteiger partial charge on any atom is -0.483 e. The van der Waals surface area contributed by atoms with E-state index in [0.717, 1.165) is 16.9 Å². The van der Waals surface area contributed by atoms with Gasteiger partial charge in [0.05, 0.1) is 12.9 Å². The van der Waals surface area contributed by atoms with Crippen LogP contribution in [0.25, 0.3) is 5.57 Å². The van der Waals surface area contributed by atoms with Crippen molar-refractivity contribution >= 4 is 11.5 Å². The number of hydrogen-bond donors (Lipinski definition) is 0. The highest BCUT2D eigenvalue weighted by molar-refractivity contribution is 5.81. The molecular formula is C13H14O3. The summed E-state index contributed by atoms with van der Waals surface area (Å²) in [5.41, 5.74) is 2.18. The molecule has 84 valence electrons. The van der Waals surface area contributed by atoms with Gasteiger partial charge in [0, 0.05) is 12.0 Å². The molecular weight excluding hydrogens is 204 g/mol. The zero-order chi connectivity index (χ0) is 11.5. The van der Waals surface area contributed by atoms with E-state index in [4.69, 9.17) is 4.74 Å². The Morgan fingerprint density at radius 3 is 2.69 bits per heavy atom. The summed E-state index contributed by atoms with van der Waals surface area (Å²) >= 11 is 0. The number of methoxy groups -OCH3 is 1. The molecule has 1 atom stereocenters. The van der Waals surface area contributed by atoms with E-state index in [0.29, 0.717) is 6.42 Å². The summed E-state index contributed by atoms with van der Waals surface area (Å²) in [5.74, 6) is 0.492. The second kappa shape index (κ2) is 4.39. The molecule has 0 radical (unpaired) electrons. The fourth-order valence-electron chi connectivity index (χ4n) is 1.88. The number of carbonyl (C=O) groups is 1. The van der Waals surface area contributed by atoms with Crippen molar-refractivity contribution in [3.8, 4) is 0 Å². The molecule has 0 amide bonds. The number of carbonyl (C=O) groups excluding carboxylic acids is 1. The minimum absolute atomic E-state index is 0.315. The van der Waals surface area contributed by atoms with Crippen molar-refractivity contribution in [1.82, 2.24) is 0 Å². The van der Waals surface area contributed by atoms with Crippen LogP contribution < -0.4 is 0 Å². The van der Waals surface area contributed by atoms with Crippen molar-refractivity contribution in [2.24, 2.45) is 0 Å². The van der Waals surface area contributed by atoms with Crippen molar-refractivity contribution in [3.05, 3.63) is 41.7 Å². The molecule has 2 rings (SSSR count). The lowest BCUT2D eigenvalue weighted by molar-refractivity contribution is -0.150. The van der Waals surface area contributed by atoms with Crippen molar-refractivity contribution < 1.29 is 14.3 Å². The summed E-state index contributed by atoms with van der Waals surface area (Å²) in [5, 5.41) is 0. The van der Waals surface area contributed by atoms with E-state index in [1.54, 1.807) is 0 Å². The molecule has 0 spiro atoms. The van der Waals surface area contributed by atoms with Gasteiger partial charge >= 0.3 is 5.97 Å². The quantitative estimate of drug-likeness (QED) is 0.715. The second-order valence-electron chi connectivity index (χ2n) is 3.73. The molecule has 1 unspecified atom stereocenters. The molecule has 0 saturated heterocycles. The molecule has 0 fully saturated rings. The number of benzene rings is 1. The molecule has 16 heavy (non-hydrogen) atoms. The van der Waals surface area contributed by atoms with E-state index in [9.17, 15) is 4.79 Å². The van der Waals surface area contributed by atoms with Crippen LogP contribution in [-0.4, -0.2) is 19.2 Å². The maximum atomic E-state index is 11.4. The molecule has 0 saturated carbocycles. The number of esters is 1. The monoisotopic (exact) mass is 218 g/mol. The van der Waals surface area contributed by atoms with Crippen molar-refractivity contribution in [2.75, 3.05) is 7.11 Å². The normalized spacial score (nSPS) is 19.5. The van der Waals surface area contributed by atoms with E-state index < -0.39 is 6.10 Å². The predicted molar refractivity (Wildman–Crippen MR) is 60.5 cm³/mol. The molecule has 1 heterocycles. The van der Waals surface area contributed by atoms with E-state index in [2.05, 4.69) is 4.74 Å². The van der Waals surface area contributed by atoms with Gasteiger partial charge in [0.15, 0.2) is 6.10 Å². The lowest BCUT2D eigenvalue weighted by atomic mass is 10.0. The zero-order valence-electron chi connectivity index (χ0n) is 9.40.